The minimum absolute atomic E-state index is 0.00108. The third-order valence-electron chi connectivity index (χ3n) is 2.00. The van der Waals surface area contributed by atoms with Crippen molar-refractivity contribution in [1.29, 1.82) is 0 Å². The highest BCUT2D eigenvalue weighted by Gasteiger charge is 2.16. The molecule has 0 aliphatic rings. The summed E-state index contributed by atoms with van der Waals surface area (Å²) in [7, 11) is -3.21. The van der Waals surface area contributed by atoms with E-state index < -0.39 is 9.84 Å². The van der Waals surface area contributed by atoms with E-state index in [4.69, 9.17) is 0 Å². The second-order valence-electron chi connectivity index (χ2n) is 3.85. The van der Waals surface area contributed by atoms with Crippen LogP contribution in [-0.4, -0.2) is 38.7 Å². The van der Waals surface area contributed by atoms with E-state index in [9.17, 15) is 13.2 Å². The van der Waals surface area contributed by atoms with Gasteiger partial charge in [-0.15, -0.1) is 0 Å². The maximum absolute atomic E-state index is 11.7. The van der Waals surface area contributed by atoms with Crippen LogP contribution in [0.1, 0.15) is 10.4 Å². The zero-order valence-electron chi connectivity index (χ0n) is 9.56. The van der Waals surface area contributed by atoms with Crippen molar-refractivity contribution in [2.45, 2.75) is 4.90 Å². The first-order valence-electron chi connectivity index (χ1n) is 4.68. The van der Waals surface area contributed by atoms with Gasteiger partial charge in [-0.3, -0.25) is 4.79 Å². The number of hydrogen-bond donors (Lipinski definition) is 0. The predicted octanol–water partition coefficient (Wildman–Crippen LogP) is 1.15. The molecular formula is C11H15O3S2+. The number of Topliss-reactive ketones (excluding diaryl/α,β-unsaturated/α-hetero) is 1. The smallest absolute Gasteiger partial charge is 0.211 e. The van der Waals surface area contributed by atoms with E-state index in [0.29, 0.717) is 11.3 Å². The number of benzene rings is 1. The van der Waals surface area contributed by atoms with Crippen LogP contribution in [0.2, 0.25) is 0 Å². The van der Waals surface area contributed by atoms with E-state index >= 15 is 0 Å². The summed E-state index contributed by atoms with van der Waals surface area (Å²) in [6.45, 7) is 0. The molecular weight excluding hydrogens is 244 g/mol. The fourth-order valence-corrected chi connectivity index (χ4v) is 2.60. The molecule has 1 aromatic carbocycles. The quantitative estimate of drug-likeness (QED) is 0.602. The fourth-order valence-electron chi connectivity index (χ4n) is 1.25. The van der Waals surface area contributed by atoms with Gasteiger partial charge in [0.1, 0.15) is 0 Å². The third-order valence-corrected chi connectivity index (χ3v) is 3.95. The zero-order valence-corrected chi connectivity index (χ0v) is 11.2. The van der Waals surface area contributed by atoms with Crippen LogP contribution in [0, 0.1) is 0 Å². The molecule has 0 saturated heterocycles. The van der Waals surface area contributed by atoms with E-state index in [-0.39, 0.29) is 21.6 Å². The molecule has 0 fully saturated rings. The van der Waals surface area contributed by atoms with Gasteiger partial charge in [0.15, 0.2) is 15.6 Å². The Kier molecular flexibility index (Phi) is 4.15. The van der Waals surface area contributed by atoms with Crippen molar-refractivity contribution in [1.82, 2.24) is 0 Å². The van der Waals surface area contributed by atoms with Gasteiger partial charge in [0.25, 0.3) is 0 Å². The second kappa shape index (κ2) is 5.01. The number of carbonyl (C=O) groups is 1. The Hall–Kier alpha value is -0.810. The van der Waals surface area contributed by atoms with Crippen molar-refractivity contribution < 1.29 is 13.2 Å². The summed E-state index contributed by atoms with van der Waals surface area (Å²) >= 11 is 0. The van der Waals surface area contributed by atoms with Gasteiger partial charge in [0.05, 0.1) is 17.4 Å². The van der Waals surface area contributed by atoms with Gasteiger partial charge in [0.2, 0.25) is 5.78 Å². The molecule has 16 heavy (non-hydrogen) atoms. The maximum atomic E-state index is 11.7. The largest absolute Gasteiger partial charge is 0.289 e. The Bertz CT molecular complexity index is 490. The van der Waals surface area contributed by atoms with Crippen LogP contribution in [0.25, 0.3) is 0 Å². The monoisotopic (exact) mass is 259 g/mol. The Morgan fingerprint density at radius 1 is 1.31 bits per heavy atom. The van der Waals surface area contributed by atoms with Crippen molar-refractivity contribution in [2.24, 2.45) is 0 Å². The molecule has 0 amide bonds. The first kappa shape index (κ1) is 13.3. The van der Waals surface area contributed by atoms with Crippen LogP contribution in [0.3, 0.4) is 0 Å². The first-order valence-corrected chi connectivity index (χ1v) is 8.78. The lowest BCUT2D eigenvalue weighted by molar-refractivity contribution is 0.102. The Balaban J connectivity index is 3.04. The molecule has 0 aliphatic carbocycles. The Morgan fingerprint density at radius 3 is 2.44 bits per heavy atom. The fraction of sp³-hybridized carbons (Fsp3) is 0.364. The summed E-state index contributed by atoms with van der Waals surface area (Å²) < 4.78 is 22.6. The van der Waals surface area contributed by atoms with Crippen molar-refractivity contribution in [3.8, 4) is 0 Å². The molecule has 3 nitrogen and oxygen atoms in total. The minimum atomic E-state index is -3.24. The molecule has 1 rings (SSSR count). The Morgan fingerprint density at radius 2 is 1.94 bits per heavy atom. The van der Waals surface area contributed by atoms with Crippen molar-refractivity contribution in [3.63, 3.8) is 0 Å². The highest BCUT2D eigenvalue weighted by Crippen LogP contribution is 2.12. The second-order valence-corrected chi connectivity index (χ2v) is 8.13. The normalized spacial score (nSPS) is 11.8. The molecule has 0 N–H and O–H groups in total. The van der Waals surface area contributed by atoms with Crippen molar-refractivity contribution in [2.75, 3.05) is 24.5 Å². The lowest BCUT2D eigenvalue weighted by Gasteiger charge is -2.02. The van der Waals surface area contributed by atoms with Crippen LogP contribution in [0.5, 0.6) is 0 Å². The maximum Gasteiger partial charge on any atom is 0.211 e. The summed E-state index contributed by atoms with van der Waals surface area (Å²) in [5.74, 6) is 0.464. The summed E-state index contributed by atoms with van der Waals surface area (Å²) in [5.41, 5.74) is 0.476. The van der Waals surface area contributed by atoms with Crippen LogP contribution in [0.15, 0.2) is 29.2 Å². The topological polar surface area (TPSA) is 51.2 Å². The molecule has 88 valence electrons. The molecule has 0 radical (unpaired) electrons. The molecule has 1 aromatic rings. The minimum Gasteiger partial charge on any atom is -0.289 e. The number of ketones is 1. The van der Waals surface area contributed by atoms with Crippen LogP contribution < -0.4 is 0 Å². The van der Waals surface area contributed by atoms with Crippen LogP contribution in [-0.2, 0) is 20.7 Å². The lowest BCUT2D eigenvalue weighted by Crippen LogP contribution is -2.14. The average Bonchev–Trinajstić information content (AvgIpc) is 2.15. The number of hydrogen-bond acceptors (Lipinski definition) is 3. The van der Waals surface area contributed by atoms with Gasteiger partial charge in [0, 0.05) is 11.8 Å². The van der Waals surface area contributed by atoms with Gasteiger partial charge in [-0.2, -0.15) is 0 Å². The molecule has 0 bridgehead atoms. The predicted molar refractivity (Wildman–Crippen MR) is 68.0 cm³/mol. The molecule has 0 spiro atoms. The molecule has 0 heterocycles. The Labute approximate surface area is 99.1 Å². The highest BCUT2D eigenvalue weighted by molar-refractivity contribution is 7.96. The van der Waals surface area contributed by atoms with Crippen LogP contribution >= 0.6 is 0 Å². The van der Waals surface area contributed by atoms with E-state index in [1.807, 2.05) is 12.5 Å². The summed E-state index contributed by atoms with van der Waals surface area (Å²) in [6, 6.07) is 6.21. The van der Waals surface area contributed by atoms with Crippen molar-refractivity contribution >= 4 is 26.5 Å². The van der Waals surface area contributed by atoms with Crippen LogP contribution in [0.4, 0.5) is 0 Å². The summed E-state index contributed by atoms with van der Waals surface area (Å²) in [4.78, 5) is 11.9. The third kappa shape index (κ3) is 3.64. The van der Waals surface area contributed by atoms with Gasteiger partial charge in [-0.1, -0.05) is 12.1 Å². The standard InChI is InChI=1S/C11H15O3S2/c1-15(2)8-11(12)9-5-4-6-10(7-9)16(3,13)14/h4-7H,8H2,1-3H3/q+1. The van der Waals surface area contributed by atoms with Gasteiger partial charge >= 0.3 is 0 Å². The van der Waals surface area contributed by atoms with E-state index in [1.54, 1.807) is 12.1 Å². The average molecular weight is 259 g/mol. The highest BCUT2D eigenvalue weighted by atomic mass is 32.2. The molecule has 0 atom stereocenters. The van der Waals surface area contributed by atoms with E-state index in [1.165, 1.54) is 12.1 Å². The number of sulfone groups is 1. The SMILES string of the molecule is C[S+](C)CC(=O)c1cccc(S(C)(=O)=O)c1. The van der Waals surface area contributed by atoms with E-state index in [0.717, 1.165) is 6.26 Å². The summed E-state index contributed by atoms with van der Waals surface area (Å²) in [6.07, 6.45) is 5.11. The van der Waals surface area contributed by atoms with Gasteiger partial charge < -0.3 is 0 Å². The van der Waals surface area contributed by atoms with Crippen molar-refractivity contribution in [3.05, 3.63) is 29.8 Å². The molecule has 0 aromatic heterocycles. The zero-order chi connectivity index (χ0) is 12.3. The molecule has 0 saturated carbocycles. The number of carbonyl (C=O) groups excluding carboxylic acids is 1. The molecule has 0 aliphatic heterocycles. The molecule has 0 unspecified atom stereocenters. The molecule has 5 heteroatoms. The van der Waals surface area contributed by atoms with Gasteiger partial charge in [-0.25, -0.2) is 8.42 Å². The first-order chi connectivity index (χ1) is 7.30. The van der Waals surface area contributed by atoms with E-state index in [2.05, 4.69) is 0 Å². The lowest BCUT2D eigenvalue weighted by atomic mass is 10.1. The number of rotatable bonds is 4. The summed E-state index contributed by atoms with van der Waals surface area (Å²) in [5, 5.41) is 0. The van der Waals surface area contributed by atoms with Gasteiger partial charge in [-0.05, 0) is 23.0 Å².